The molecule has 0 aliphatic carbocycles. The van der Waals surface area contributed by atoms with Crippen molar-refractivity contribution >= 4 is 10.8 Å². The summed E-state index contributed by atoms with van der Waals surface area (Å²) in [5.41, 5.74) is 7.50. The molecule has 5 aromatic rings. The second-order valence-electron chi connectivity index (χ2n) is 7.33. The van der Waals surface area contributed by atoms with Crippen LogP contribution in [-0.4, -0.2) is 4.57 Å². The summed E-state index contributed by atoms with van der Waals surface area (Å²) in [7, 11) is 0. The van der Waals surface area contributed by atoms with Gasteiger partial charge < -0.3 is 4.57 Å². The van der Waals surface area contributed by atoms with Gasteiger partial charge in [-0.1, -0.05) is 104 Å². The summed E-state index contributed by atoms with van der Waals surface area (Å²) in [5, 5.41) is 2.55. The summed E-state index contributed by atoms with van der Waals surface area (Å²) in [6.07, 6.45) is 1.02. The topological polar surface area (TPSA) is 4.93 Å². The second kappa shape index (κ2) is 7.44. The first-order chi connectivity index (χ1) is 14.4. The molecule has 1 heteroatoms. The van der Waals surface area contributed by atoms with Crippen LogP contribution in [0.15, 0.2) is 109 Å². The normalized spacial score (nSPS) is 11.1. The van der Waals surface area contributed by atoms with E-state index in [1.54, 1.807) is 0 Å². The third-order valence-corrected chi connectivity index (χ3v) is 5.56. The summed E-state index contributed by atoms with van der Waals surface area (Å²) in [5.74, 6) is 0. The van der Waals surface area contributed by atoms with Crippen molar-refractivity contribution < 1.29 is 0 Å². The smallest absolute Gasteiger partial charge is 0.0613 e. The molecule has 0 atom stereocenters. The molecule has 29 heavy (non-hydrogen) atoms. The third-order valence-electron chi connectivity index (χ3n) is 5.56. The van der Waals surface area contributed by atoms with Crippen LogP contribution in [0.3, 0.4) is 0 Å². The summed E-state index contributed by atoms with van der Waals surface area (Å²) < 4.78 is 2.44. The van der Waals surface area contributed by atoms with E-state index >= 15 is 0 Å². The van der Waals surface area contributed by atoms with Gasteiger partial charge in [-0.15, -0.1) is 0 Å². The first-order valence-corrected chi connectivity index (χ1v) is 10.2. The summed E-state index contributed by atoms with van der Waals surface area (Å²) in [4.78, 5) is 0. The van der Waals surface area contributed by atoms with E-state index < -0.39 is 0 Å². The Balaban J connectivity index is 1.95. The van der Waals surface area contributed by atoms with Gasteiger partial charge in [0.05, 0.1) is 11.4 Å². The fraction of sp³-hybridized carbons (Fsp3) is 0.0714. The number of benzene rings is 4. The lowest BCUT2D eigenvalue weighted by Gasteiger charge is -2.15. The van der Waals surface area contributed by atoms with Gasteiger partial charge in [-0.25, -0.2) is 0 Å². The minimum Gasteiger partial charge on any atom is -0.308 e. The van der Waals surface area contributed by atoms with Crippen LogP contribution >= 0.6 is 0 Å². The van der Waals surface area contributed by atoms with E-state index in [4.69, 9.17) is 0 Å². The highest BCUT2D eigenvalue weighted by molar-refractivity contribution is 6.06. The van der Waals surface area contributed by atoms with Gasteiger partial charge >= 0.3 is 0 Å². The number of hydrogen-bond acceptors (Lipinski definition) is 0. The highest BCUT2D eigenvalue weighted by atomic mass is 15.0. The van der Waals surface area contributed by atoms with Gasteiger partial charge in [-0.3, -0.25) is 0 Å². The lowest BCUT2D eigenvalue weighted by Crippen LogP contribution is -2.00. The van der Waals surface area contributed by atoms with Crippen molar-refractivity contribution in [2.75, 3.05) is 0 Å². The Kier molecular flexibility index (Phi) is 4.50. The van der Waals surface area contributed by atoms with Gasteiger partial charge in [0.15, 0.2) is 0 Å². The zero-order chi connectivity index (χ0) is 19.6. The summed E-state index contributed by atoms with van der Waals surface area (Å²) >= 11 is 0. The minimum atomic E-state index is 1.02. The lowest BCUT2D eigenvalue weighted by molar-refractivity contribution is 1.07. The average Bonchev–Trinajstić information content (AvgIpc) is 3.15. The molecule has 140 valence electrons. The molecule has 1 heterocycles. The van der Waals surface area contributed by atoms with Crippen molar-refractivity contribution in [2.45, 2.75) is 13.3 Å². The van der Waals surface area contributed by atoms with Crippen LogP contribution in [0.25, 0.3) is 39.0 Å². The largest absolute Gasteiger partial charge is 0.308 e. The lowest BCUT2D eigenvalue weighted by atomic mass is 10.0. The minimum absolute atomic E-state index is 1.02. The molecule has 0 N–H and O–H groups in total. The maximum Gasteiger partial charge on any atom is 0.0613 e. The molecule has 1 aromatic heterocycles. The molecular formula is C28H23N. The zero-order valence-corrected chi connectivity index (χ0v) is 16.5. The number of aryl methyl sites for hydroxylation is 1. The Labute approximate surface area is 171 Å². The Hall–Kier alpha value is -3.58. The van der Waals surface area contributed by atoms with E-state index in [1.165, 1.54) is 44.5 Å². The molecule has 1 nitrogen and oxygen atoms in total. The van der Waals surface area contributed by atoms with Gasteiger partial charge in [0.1, 0.15) is 0 Å². The molecular weight excluding hydrogens is 350 g/mol. The number of hydrogen-bond donors (Lipinski definition) is 0. The predicted molar refractivity (Wildman–Crippen MR) is 124 cm³/mol. The molecule has 0 bridgehead atoms. The second-order valence-corrected chi connectivity index (χ2v) is 7.33. The van der Waals surface area contributed by atoms with E-state index in [2.05, 4.69) is 121 Å². The third kappa shape index (κ3) is 3.05. The van der Waals surface area contributed by atoms with Crippen molar-refractivity contribution in [2.24, 2.45) is 0 Å². The molecule has 5 rings (SSSR count). The summed E-state index contributed by atoms with van der Waals surface area (Å²) in [6, 6.07) is 39.1. The van der Waals surface area contributed by atoms with Crippen LogP contribution in [0, 0.1) is 0 Å². The summed E-state index contributed by atoms with van der Waals surface area (Å²) in [6.45, 7) is 2.21. The zero-order valence-electron chi connectivity index (χ0n) is 16.5. The Morgan fingerprint density at radius 3 is 1.59 bits per heavy atom. The predicted octanol–water partition coefficient (Wildman–Crippen LogP) is 7.53. The standard InChI is InChI=1S/C28H23N/c1-2-21-12-11-17-24(20-21)29-27(22-13-5-3-6-14-22)25-18-9-10-19-26(25)28(29)23-15-7-4-8-16-23/h3-20H,2H2,1H3. The van der Waals surface area contributed by atoms with E-state index in [0.29, 0.717) is 0 Å². The maximum atomic E-state index is 2.44. The molecule has 4 aromatic carbocycles. The van der Waals surface area contributed by atoms with Crippen LogP contribution in [0.2, 0.25) is 0 Å². The Morgan fingerprint density at radius 1 is 0.552 bits per heavy atom. The van der Waals surface area contributed by atoms with Crippen molar-refractivity contribution in [3.05, 3.63) is 115 Å². The maximum absolute atomic E-state index is 2.44. The van der Waals surface area contributed by atoms with Crippen LogP contribution < -0.4 is 0 Å². The molecule has 0 saturated heterocycles. The quantitative estimate of drug-likeness (QED) is 0.307. The van der Waals surface area contributed by atoms with Gasteiger partial charge in [0.25, 0.3) is 0 Å². The molecule has 0 unspecified atom stereocenters. The van der Waals surface area contributed by atoms with Crippen LogP contribution in [0.1, 0.15) is 12.5 Å². The average molecular weight is 373 g/mol. The van der Waals surface area contributed by atoms with E-state index in [0.717, 1.165) is 6.42 Å². The highest BCUT2D eigenvalue weighted by Crippen LogP contribution is 2.41. The van der Waals surface area contributed by atoms with Gasteiger partial charge in [0.2, 0.25) is 0 Å². The monoisotopic (exact) mass is 373 g/mol. The van der Waals surface area contributed by atoms with Crippen LogP contribution in [-0.2, 0) is 6.42 Å². The first kappa shape index (κ1) is 17.5. The molecule has 0 spiro atoms. The van der Waals surface area contributed by atoms with Gasteiger partial charge in [-0.2, -0.15) is 0 Å². The molecule has 0 radical (unpaired) electrons. The Morgan fingerprint density at radius 2 is 1.07 bits per heavy atom. The molecule has 0 amide bonds. The van der Waals surface area contributed by atoms with Crippen molar-refractivity contribution in [3.8, 4) is 28.2 Å². The molecule has 0 fully saturated rings. The van der Waals surface area contributed by atoms with Gasteiger partial charge in [0, 0.05) is 16.5 Å². The number of nitrogens with zero attached hydrogens (tertiary/aromatic N) is 1. The van der Waals surface area contributed by atoms with E-state index in [9.17, 15) is 0 Å². The van der Waals surface area contributed by atoms with Crippen LogP contribution in [0.5, 0.6) is 0 Å². The molecule has 0 aliphatic heterocycles. The SMILES string of the molecule is CCc1cccc(-n2c(-c3ccccc3)c3ccccc3c2-c2ccccc2)c1. The Bertz CT molecular complexity index is 1190. The number of aromatic nitrogens is 1. The molecule has 0 saturated carbocycles. The highest BCUT2D eigenvalue weighted by Gasteiger charge is 2.20. The van der Waals surface area contributed by atoms with Crippen molar-refractivity contribution in [1.82, 2.24) is 4.57 Å². The van der Waals surface area contributed by atoms with E-state index in [-0.39, 0.29) is 0 Å². The van der Waals surface area contributed by atoms with E-state index in [1.807, 2.05) is 0 Å². The van der Waals surface area contributed by atoms with Crippen molar-refractivity contribution in [3.63, 3.8) is 0 Å². The van der Waals surface area contributed by atoms with Crippen LogP contribution in [0.4, 0.5) is 0 Å². The number of fused-ring (bicyclic) bond motifs is 1. The van der Waals surface area contributed by atoms with Gasteiger partial charge in [-0.05, 0) is 35.2 Å². The fourth-order valence-electron chi connectivity index (χ4n) is 4.18. The number of rotatable bonds is 4. The molecule has 0 aliphatic rings. The first-order valence-electron chi connectivity index (χ1n) is 10.2. The fourth-order valence-corrected chi connectivity index (χ4v) is 4.18. The van der Waals surface area contributed by atoms with Crippen molar-refractivity contribution in [1.29, 1.82) is 0 Å².